The van der Waals surface area contributed by atoms with Crippen LogP contribution in [0.3, 0.4) is 0 Å². The second-order valence-corrected chi connectivity index (χ2v) is 5.92. The first-order valence-corrected chi connectivity index (χ1v) is 7.70. The molecule has 2 aliphatic rings. The quantitative estimate of drug-likeness (QED) is 0.887. The molecule has 4 heteroatoms. The molecule has 0 bridgehead atoms. The SMILES string of the molecule is Cc1nn(C2CCCC2)cc1CNC[C@H]1CCCO1. The van der Waals surface area contributed by atoms with Gasteiger partial charge in [-0.25, -0.2) is 0 Å². The normalized spacial score (nSPS) is 24.4. The Morgan fingerprint density at radius 3 is 2.89 bits per heavy atom. The molecule has 1 aromatic rings. The Labute approximate surface area is 115 Å². The summed E-state index contributed by atoms with van der Waals surface area (Å²) in [7, 11) is 0. The van der Waals surface area contributed by atoms with Gasteiger partial charge in [0.1, 0.15) is 0 Å². The maximum absolute atomic E-state index is 5.62. The summed E-state index contributed by atoms with van der Waals surface area (Å²) >= 11 is 0. The third kappa shape index (κ3) is 3.18. The first-order chi connectivity index (χ1) is 9.33. The molecular formula is C15H25N3O. The molecule has 0 aromatic carbocycles. The van der Waals surface area contributed by atoms with Crippen molar-refractivity contribution >= 4 is 0 Å². The summed E-state index contributed by atoms with van der Waals surface area (Å²) in [4.78, 5) is 0. The van der Waals surface area contributed by atoms with Gasteiger partial charge in [-0.3, -0.25) is 4.68 Å². The molecule has 0 spiro atoms. The average Bonchev–Trinajstić information content (AvgIpc) is 3.11. The fourth-order valence-electron chi connectivity index (χ4n) is 3.22. The van der Waals surface area contributed by atoms with Crippen LogP contribution >= 0.6 is 0 Å². The summed E-state index contributed by atoms with van der Waals surface area (Å²) in [5.74, 6) is 0. The van der Waals surface area contributed by atoms with Crippen molar-refractivity contribution in [2.24, 2.45) is 0 Å². The molecule has 4 nitrogen and oxygen atoms in total. The predicted molar refractivity (Wildman–Crippen MR) is 75.1 cm³/mol. The fourth-order valence-corrected chi connectivity index (χ4v) is 3.22. The molecule has 1 saturated carbocycles. The van der Waals surface area contributed by atoms with Gasteiger partial charge in [0.2, 0.25) is 0 Å². The molecule has 1 atom stereocenters. The molecule has 1 aromatic heterocycles. The van der Waals surface area contributed by atoms with Crippen molar-refractivity contribution in [3.05, 3.63) is 17.5 Å². The molecule has 19 heavy (non-hydrogen) atoms. The lowest BCUT2D eigenvalue weighted by atomic mass is 10.2. The number of hydrogen-bond donors (Lipinski definition) is 1. The van der Waals surface area contributed by atoms with E-state index in [4.69, 9.17) is 4.74 Å². The molecule has 3 rings (SSSR count). The van der Waals surface area contributed by atoms with Crippen LogP contribution in [-0.4, -0.2) is 29.0 Å². The minimum Gasteiger partial charge on any atom is -0.377 e. The van der Waals surface area contributed by atoms with Crippen molar-refractivity contribution in [1.82, 2.24) is 15.1 Å². The highest BCUT2D eigenvalue weighted by atomic mass is 16.5. The van der Waals surface area contributed by atoms with E-state index < -0.39 is 0 Å². The summed E-state index contributed by atoms with van der Waals surface area (Å²) in [5.41, 5.74) is 2.51. The Balaban J connectivity index is 1.52. The molecule has 2 heterocycles. The van der Waals surface area contributed by atoms with Crippen molar-refractivity contribution in [2.75, 3.05) is 13.2 Å². The van der Waals surface area contributed by atoms with Crippen molar-refractivity contribution < 1.29 is 4.74 Å². The van der Waals surface area contributed by atoms with Gasteiger partial charge in [0.25, 0.3) is 0 Å². The van der Waals surface area contributed by atoms with Gasteiger partial charge in [-0.1, -0.05) is 12.8 Å². The van der Waals surface area contributed by atoms with Crippen LogP contribution in [0, 0.1) is 6.92 Å². The standard InChI is InChI=1S/C15H25N3O/c1-12-13(9-16-10-15-7-4-8-19-15)11-18(17-12)14-5-2-3-6-14/h11,14-16H,2-10H2,1H3/t15-/m1/s1. The summed E-state index contributed by atoms with van der Waals surface area (Å²) in [5, 5.41) is 8.20. The first kappa shape index (κ1) is 13.1. The van der Waals surface area contributed by atoms with Gasteiger partial charge >= 0.3 is 0 Å². The molecule has 0 amide bonds. The van der Waals surface area contributed by atoms with Gasteiger partial charge in [-0.2, -0.15) is 5.10 Å². The summed E-state index contributed by atoms with van der Waals surface area (Å²) in [6.07, 6.45) is 10.4. The molecule has 106 valence electrons. The van der Waals surface area contributed by atoms with E-state index >= 15 is 0 Å². The predicted octanol–water partition coefficient (Wildman–Crippen LogP) is 2.58. The fraction of sp³-hybridized carbons (Fsp3) is 0.800. The largest absolute Gasteiger partial charge is 0.377 e. The zero-order valence-electron chi connectivity index (χ0n) is 11.9. The lowest BCUT2D eigenvalue weighted by Gasteiger charge is -2.10. The lowest BCUT2D eigenvalue weighted by molar-refractivity contribution is 0.110. The molecule has 1 N–H and O–H groups in total. The minimum absolute atomic E-state index is 0.421. The van der Waals surface area contributed by atoms with Crippen LogP contribution < -0.4 is 5.32 Å². The monoisotopic (exact) mass is 263 g/mol. The Morgan fingerprint density at radius 1 is 1.32 bits per heavy atom. The van der Waals surface area contributed by atoms with Gasteiger partial charge in [0.05, 0.1) is 17.8 Å². The van der Waals surface area contributed by atoms with Crippen LogP contribution in [0.25, 0.3) is 0 Å². The Morgan fingerprint density at radius 2 is 2.16 bits per heavy atom. The zero-order chi connectivity index (χ0) is 13.1. The molecule has 1 aliphatic carbocycles. The van der Waals surface area contributed by atoms with Crippen molar-refractivity contribution in [2.45, 2.75) is 64.1 Å². The highest BCUT2D eigenvalue weighted by Crippen LogP contribution is 2.29. The van der Waals surface area contributed by atoms with E-state index in [1.165, 1.54) is 49.8 Å². The summed E-state index contributed by atoms with van der Waals surface area (Å²) in [6, 6.07) is 0.644. The number of rotatable bonds is 5. The number of aryl methyl sites for hydroxylation is 1. The molecular weight excluding hydrogens is 238 g/mol. The topological polar surface area (TPSA) is 39.1 Å². The van der Waals surface area contributed by atoms with E-state index in [1.54, 1.807) is 0 Å². The number of hydrogen-bond acceptors (Lipinski definition) is 3. The third-order valence-corrected chi connectivity index (χ3v) is 4.43. The van der Waals surface area contributed by atoms with E-state index in [9.17, 15) is 0 Å². The van der Waals surface area contributed by atoms with Crippen molar-refractivity contribution in [3.8, 4) is 0 Å². The number of aromatic nitrogens is 2. The number of ether oxygens (including phenoxy) is 1. The van der Waals surface area contributed by atoms with Crippen molar-refractivity contribution in [1.29, 1.82) is 0 Å². The second kappa shape index (κ2) is 6.06. The second-order valence-electron chi connectivity index (χ2n) is 5.92. The highest BCUT2D eigenvalue weighted by Gasteiger charge is 2.19. The molecule has 0 radical (unpaired) electrons. The molecule has 1 aliphatic heterocycles. The average molecular weight is 263 g/mol. The Bertz CT molecular complexity index is 404. The Kier molecular flexibility index (Phi) is 4.18. The van der Waals surface area contributed by atoms with Crippen LogP contribution in [0.4, 0.5) is 0 Å². The van der Waals surface area contributed by atoms with Gasteiger partial charge in [-0.15, -0.1) is 0 Å². The van der Waals surface area contributed by atoms with Gasteiger partial charge in [0.15, 0.2) is 0 Å². The van der Waals surface area contributed by atoms with Crippen LogP contribution in [-0.2, 0) is 11.3 Å². The van der Waals surface area contributed by atoms with E-state index in [0.29, 0.717) is 12.1 Å². The maximum Gasteiger partial charge on any atom is 0.0700 e. The maximum atomic E-state index is 5.62. The molecule has 0 unspecified atom stereocenters. The van der Waals surface area contributed by atoms with Crippen LogP contribution in [0.5, 0.6) is 0 Å². The van der Waals surface area contributed by atoms with Gasteiger partial charge < -0.3 is 10.1 Å². The minimum atomic E-state index is 0.421. The summed E-state index contributed by atoms with van der Waals surface area (Å²) < 4.78 is 7.82. The van der Waals surface area contributed by atoms with Crippen LogP contribution in [0.2, 0.25) is 0 Å². The number of nitrogens with one attached hydrogen (secondary N) is 1. The lowest BCUT2D eigenvalue weighted by Crippen LogP contribution is -2.25. The van der Waals surface area contributed by atoms with E-state index in [-0.39, 0.29) is 0 Å². The zero-order valence-corrected chi connectivity index (χ0v) is 11.9. The smallest absolute Gasteiger partial charge is 0.0700 e. The van der Waals surface area contributed by atoms with Gasteiger partial charge in [0, 0.05) is 31.5 Å². The first-order valence-electron chi connectivity index (χ1n) is 7.70. The van der Waals surface area contributed by atoms with Gasteiger partial charge in [-0.05, 0) is 32.6 Å². The Hall–Kier alpha value is -0.870. The van der Waals surface area contributed by atoms with Crippen LogP contribution in [0.1, 0.15) is 55.8 Å². The van der Waals surface area contributed by atoms with E-state index in [1.807, 2.05) is 0 Å². The number of nitrogens with zero attached hydrogens (tertiary/aromatic N) is 2. The van der Waals surface area contributed by atoms with Crippen molar-refractivity contribution in [3.63, 3.8) is 0 Å². The van der Waals surface area contributed by atoms with Crippen LogP contribution in [0.15, 0.2) is 6.20 Å². The molecule has 2 fully saturated rings. The summed E-state index contributed by atoms with van der Waals surface area (Å²) in [6.45, 7) is 4.94. The van der Waals surface area contributed by atoms with E-state index in [0.717, 1.165) is 19.7 Å². The van der Waals surface area contributed by atoms with E-state index in [2.05, 4.69) is 28.2 Å². The third-order valence-electron chi connectivity index (χ3n) is 4.43. The molecule has 1 saturated heterocycles. The highest BCUT2D eigenvalue weighted by molar-refractivity contribution is 5.15.